The van der Waals surface area contributed by atoms with Crippen molar-refractivity contribution >= 4 is 45.7 Å². The molecule has 0 unspecified atom stereocenters. The summed E-state index contributed by atoms with van der Waals surface area (Å²) in [6, 6.07) is 8.14. The van der Waals surface area contributed by atoms with Crippen LogP contribution in [-0.2, 0) is 11.3 Å². The second-order valence-electron chi connectivity index (χ2n) is 6.03. The monoisotopic (exact) mass is 435 g/mol. The molecular weight excluding hydrogens is 417 g/mol. The number of hydrogen-bond donors (Lipinski definition) is 1. The predicted octanol–water partition coefficient (Wildman–Crippen LogP) is 4.14. The van der Waals surface area contributed by atoms with E-state index < -0.39 is 11.5 Å². The fourth-order valence-corrected chi connectivity index (χ4v) is 3.34. The molecule has 29 heavy (non-hydrogen) atoms. The number of hydrogen-bond acceptors (Lipinski definition) is 5. The zero-order valence-corrected chi connectivity index (χ0v) is 17.4. The van der Waals surface area contributed by atoms with E-state index in [1.54, 1.807) is 18.2 Å². The quantitative estimate of drug-likeness (QED) is 0.602. The van der Waals surface area contributed by atoms with Crippen LogP contribution in [0.1, 0.15) is 13.8 Å². The van der Waals surface area contributed by atoms with Crippen molar-refractivity contribution in [1.82, 2.24) is 9.55 Å². The van der Waals surface area contributed by atoms with Gasteiger partial charge < -0.3 is 14.8 Å². The maximum Gasteiger partial charge on any atom is 0.261 e. The summed E-state index contributed by atoms with van der Waals surface area (Å²) in [5.41, 5.74) is 0.374. The highest BCUT2D eigenvalue weighted by molar-refractivity contribution is 6.38. The number of rotatable bonds is 7. The van der Waals surface area contributed by atoms with Crippen molar-refractivity contribution in [2.45, 2.75) is 20.4 Å². The first-order valence-corrected chi connectivity index (χ1v) is 9.72. The van der Waals surface area contributed by atoms with Crippen molar-refractivity contribution in [3.8, 4) is 11.5 Å². The van der Waals surface area contributed by atoms with E-state index in [-0.39, 0.29) is 17.0 Å². The SMILES string of the molecule is CCOc1ccc(OCC)c(NC(=O)Cn2cnc3c(Cl)cc(Cl)cc3c2=O)c1. The predicted molar refractivity (Wildman–Crippen MR) is 113 cm³/mol. The molecule has 0 aliphatic rings. The number of nitrogens with zero attached hydrogens (tertiary/aromatic N) is 2. The van der Waals surface area contributed by atoms with E-state index in [0.717, 1.165) is 0 Å². The largest absolute Gasteiger partial charge is 0.494 e. The fraction of sp³-hybridized carbons (Fsp3) is 0.250. The number of benzene rings is 2. The minimum absolute atomic E-state index is 0.240. The zero-order chi connectivity index (χ0) is 21.0. The van der Waals surface area contributed by atoms with Crippen LogP contribution in [0.3, 0.4) is 0 Å². The van der Waals surface area contributed by atoms with Gasteiger partial charge >= 0.3 is 0 Å². The highest BCUT2D eigenvalue weighted by Crippen LogP contribution is 2.29. The van der Waals surface area contributed by atoms with Crippen LogP contribution in [0.15, 0.2) is 41.5 Å². The number of amides is 1. The number of ether oxygens (including phenoxy) is 2. The minimum atomic E-state index is -0.420. The maximum atomic E-state index is 12.7. The number of anilines is 1. The van der Waals surface area contributed by atoms with E-state index in [0.29, 0.717) is 40.9 Å². The molecule has 0 spiro atoms. The van der Waals surface area contributed by atoms with Gasteiger partial charge in [-0.2, -0.15) is 0 Å². The molecule has 0 saturated heterocycles. The van der Waals surface area contributed by atoms with Crippen LogP contribution in [0, 0.1) is 0 Å². The number of aromatic nitrogens is 2. The van der Waals surface area contributed by atoms with E-state index >= 15 is 0 Å². The number of carbonyl (C=O) groups excluding carboxylic acids is 1. The van der Waals surface area contributed by atoms with Gasteiger partial charge in [-0.3, -0.25) is 14.2 Å². The van der Waals surface area contributed by atoms with Gasteiger partial charge in [0.2, 0.25) is 5.91 Å². The summed E-state index contributed by atoms with van der Waals surface area (Å²) in [5.74, 6) is 0.683. The number of carbonyl (C=O) groups is 1. The third-order valence-electron chi connectivity index (χ3n) is 4.00. The molecule has 0 fully saturated rings. The molecule has 152 valence electrons. The first-order chi connectivity index (χ1) is 13.9. The minimum Gasteiger partial charge on any atom is -0.494 e. The fourth-order valence-electron chi connectivity index (χ4n) is 2.80. The van der Waals surface area contributed by atoms with Crippen LogP contribution < -0.4 is 20.3 Å². The normalized spacial score (nSPS) is 10.8. The molecule has 0 radical (unpaired) electrons. The van der Waals surface area contributed by atoms with Gasteiger partial charge in [-0.05, 0) is 38.1 Å². The number of nitrogens with one attached hydrogen (secondary N) is 1. The van der Waals surface area contributed by atoms with Gasteiger partial charge in [0.15, 0.2) is 0 Å². The lowest BCUT2D eigenvalue weighted by Crippen LogP contribution is -2.28. The molecule has 1 amide bonds. The van der Waals surface area contributed by atoms with Gasteiger partial charge in [-0.25, -0.2) is 4.98 Å². The third-order valence-corrected chi connectivity index (χ3v) is 4.50. The van der Waals surface area contributed by atoms with Gasteiger partial charge in [0, 0.05) is 11.1 Å². The molecule has 9 heteroatoms. The Morgan fingerprint density at radius 1 is 1.14 bits per heavy atom. The average Bonchev–Trinajstić information content (AvgIpc) is 2.67. The first kappa shape index (κ1) is 21.0. The summed E-state index contributed by atoms with van der Waals surface area (Å²) < 4.78 is 12.2. The highest BCUT2D eigenvalue weighted by Gasteiger charge is 2.14. The molecular formula is C20H19Cl2N3O4. The second-order valence-corrected chi connectivity index (χ2v) is 6.88. The Labute approximate surface area is 177 Å². The van der Waals surface area contributed by atoms with Crippen LogP contribution >= 0.6 is 23.2 Å². The van der Waals surface area contributed by atoms with Crippen LogP contribution in [0.5, 0.6) is 11.5 Å². The summed E-state index contributed by atoms with van der Waals surface area (Å²) >= 11 is 12.1. The number of fused-ring (bicyclic) bond motifs is 1. The van der Waals surface area contributed by atoms with Crippen LogP contribution in [0.4, 0.5) is 5.69 Å². The molecule has 1 heterocycles. The third kappa shape index (κ3) is 4.81. The van der Waals surface area contributed by atoms with Gasteiger partial charge in [-0.1, -0.05) is 23.2 Å². The van der Waals surface area contributed by atoms with Gasteiger partial charge in [-0.15, -0.1) is 0 Å². The average molecular weight is 436 g/mol. The molecule has 3 rings (SSSR count). The van der Waals surface area contributed by atoms with E-state index in [2.05, 4.69) is 10.3 Å². The van der Waals surface area contributed by atoms with Crippen molar-refractivity contribution in [2.24, 2.45) is 0 Å². The smallest absolute Gasteiger partial charge is 0.261 e. The van der Waals surface area contributed by atoms with E-state index in [1.165, 1.54) is 23.0 Å². The van der Waals surface area contributed by atoms with Crippen LogP contribution in [0.25, 0.3) is 10.9 Å². The Balaban J connectivity index is 1.87. The van der Waals surface area contributed by atoms with E-state index in [1.807, 2.05) is 13.8 Å². The summed E-state index contributed by atoms with van der Waals surface area (Å²) in [6.07, 6.45) is 1.28. The van der Waals surface area contributed by atoms with Crippen molar-refractivity contribution in [3.63, 3.8) is 0 Å². The summed E-state index contributed by atoms with van der Waals surface area (Å²) in [5, 5.41) is 3.59. The number of halogens is 2. The van der Waals surface area contributed by atoms with Crippen LogP contribution in [0.2, 0.25) is 10.0 Å². The molecule has 0 atom stereocenters. The maximum absolute atomic E-state index is 12.7. The van der Waals surface area contributed by atoms with Crippen LogP contribution in [-0.4, -0.2) is 28.7 Å². The Hall–Kier alpha value is -2.77. The van der Waals surface area contributed by atoms with Crippen molar-refractivity contribution < 1.29 is 14.3 Å². The van der Waals surface area contributed by atoms with Gasteiger partial charge in [0.05, 0.1) is 41.2 Å². The van der Waals surface area contributed by atoms with Gasteiger partial charge in [0.25, 0.3) is 5.56 Å². The van der Waals surface area contributed by atoms with Gasteiger partial charge in [0.1, 0.15) is 18.0 Å². The topological polar surface area (TPSA) is 82.4 Å². The Morgan fingerprint density at radius 2 is 1.90 bits per heavy atom. The Kier molecular flexibility index (Phi) is 6.61. The molecule has 0 bridgehead atoms. The lowest BCUT2D eigenvalue weighted by atomic mass is 10.2. The van der Waals surface area contributed by atoms with Crippen molar-refractivity contribution in [3.05, 3.63) is 57.1 Å². The summed E-state index contributed by atoms with van der Waals surface area (Å²) in [4.78, 5) is 29.5. The molecule has 0 aliphatic heterocycles. The Bertz CT molecular complexity index is 1110. The molecule has 2 aromatic carbocycles. The molecule has 0 aliphatic carbocycles. The van der Waals surface area contributed by atoms with E-state index in [4.69, 9.17) is 32.7 Å². The standard InChI is InChI=1S/C20H19Cl2N3O4/c1-3-28-13-5-6-17(29-4-2)16(9-13)24-18(26)10-25-11-23-19-14(20(25)27)7-12(21)8-15(19)22/h5-9,11H,3-4,10H2,1-2H3,(H,24,26). The van der Waals surface area contributed by atoms with Crippen molar-refractivity contribution in [2.75, 3.05) is 18.5 Å². The molecule has 1 aromatic heterocycles. The molecule has 1 N–H and O–H groups in total. The zero-order valence-electron chi connectivity index (χ0n) is 15.9. The highest BCUT2D eigenvalue weighted by atomic mass is 35.5. The summed E-state index contributed by atoms with van der Waals surface area (Å²) in [6.45, 7) is 4.40. The molecule has 7 nitrogen and oxygen atoms in total. The Morgan fingerprint density at radius 3 is 2.62 bits per heavy atom. The summed E-state index contributed by atoms with van der Waals surface area (Å²) in [7, 11) is 0. The second kappa shape index (κ2) is 9.15. The lowest BCUT2D eigenvalue weighted by Gasteiger charge is -2.14. The molecule has 3 aromatic rings. The first-order valence-electron chi connectivity index (χ1n) is 8.96. The lowest BCUT2D eigenvalue weighted by molar-refractivity contribution is -0.116. The molecule has 0 saturated carbocycles. The van der Waals surface area contributed by atoms with E-state index in [9.17, 15) is 9.59 Å². The van der Waals surface area contributed by atoms with Crippen molar-refractivity contribution in [1.29, 1.82) is 0 Å².